The molecule has 5 rings (SSSR count). The summed E-state index contributed by atoms with van der Waals surface area (Å²) < 4.78 is 16.6. The largest absolute Gasteiger partial charge is 0.366 e. The quantitative estimate of drug-likeness (QED) is 0.684. The van der Waals surface area contributed by atoms with Gasteiger partial charge in [0.2, 0.25) is 0 Å². The Labute approximate surface area is 165 Å². The van der Waals surface area contributed by atoms with Gasteiger partial charge in [0.15, 0.2) is 0 Å². The molecule has 0 bridgehead atoms. The van der Waals surface area contributed by atoms with Gasteiger partial charge in [-0.1, -0.05) is 17.7 Å². The number of carbonyl (C=O) groups excluding carboxylic acids is 1. The van der Waals surface area contributed by atoms with Gasteiger partial charge in [-0.25, -0.2) is 4.39 Å². The molecule has 1 atom stereocenters. The van der Waals surface area contributed by atoms with Gasteiger partial charge < -0.3 is 10.6 Å². The Morgan fingerprint density at radius 1 is 1.18 bits per heavy atom. The van der Waals surface area contributed by atoms with Crippen LogP contribution >= 0.6 is 11.6 Å². The van der Waals surface area contributed by atoms with Crippen LogP contribution in [0.25, 0.3) is 0 Å². The van der Waals surface area contributed by atoms with Crippen molar-refractivity contribution in [3.05, 3.63) is 69.8 Å². The summed E-state index contributed by atoms with van der Waals surface area (Å²) in [5.74, 6) is -0.645. The fraction of sp³-hybridized carbons (Fsp3) is 0.200. The molecule has 142 valence electrons. The molecule has 0 fully saturated rings. The highest BCUT2D eigenvalue weighted by molar-refractivity contribution is 6.30. The van der Waals surface area contributed by atoms with Crippen LogP contribution in [0.4, 0.5) is 21.5 Å². The molecule has 0 spiro atoms. The third-order valence-corrected chi connectivity index (χ3v) is 5.55. The van der Waals surface area contributed by atoms with E-state index in [1.165, 1.54) is 6.07 Å². The van der Waals surface area contributed by atoms with Crippen molar-refractivity contribution in [1.29, 1.82) is 0 Å². The molecule has 1 aromatic heterocycles. The molecule has 0 aliphatic carbocycles. The lowest BCUT2D eigenvalue weighted by Crippen LogP contribution is -2.30. The lowest BCUT2D eigenvalue weighted by Gasteiger charge is -2.27. The van der Waals surface area contributed by atoms with Gasteiger partial charge in [-0.2, -0.15) is 5.10 Å². The van der Waals surface area contributed by atoms with Crippen LogP contribution in [-0.4, -0.2) is 22.4 Å². The average molecular weight is 398 g/mol. The second kappa shape index (κ2) is 5.97. The smallest absolute Gasteiger partial charge is 0.263 e. The lowest BCUT2D eigenvalue weighted by molar-refractivity contribution is 0.0992. The third kappa shape index (κ3) is 2.32. The highest BCUT2D eigenvalue weighted by Gasteiger charge is 2.44. The van der Waals surface area contributed by atoms with Crippen molar-refractivity contribution in [2.24, 2.45) is 7.05 Å². The molecule has 28 heavy (non-hydrogen) atoms. The van der Waals surface area contributed by atoms with Crippen LogP contribution in [0, 0.1) is 12.7 Å². The molecule has 8 heteroatoms. The molecular formula is C20H17ClFN5O. The van der Waals surface area contributed by atoms with E-state index in [4.69, 9.17) is 11.6 Å². The highest BCUT2D eigenvalue weighted by atomic mass is 35.5. The van der Waals surface area contributed by atoms with Crippen molar-refractivity contribution in [3.63, 3.8) is 0 Å². The number of fused-ring (bicyclic) bond motifs is 2. The normalized spacial score (nSPS) is 17.4. The van der Waals surface area contributed by atoms with Crippen LogP contribution in [0.1, 0.15) is 33.4 Å². The van der Waals surface area contributed by atoms with Gasteiger partial charge in [-0.3, -0.25) is 14.4 Å². The number of nitrogens with one attached hydrogen (secondary N) is 2. The molecule has 0 radical (unpaired) electrons. The molecule has 2 aliphatic rings. The zero-order valence-electron chi connectivity index (χ0n) is 15.3. The molecule has 6 nitrogen and oxygen atoms in total. The van der Waals surface area contributed by atoms with Gasteiger partial charge in [0.1, 0.15) is 11.9 Å². The molecule has 3 aromatic rings. The zero-order chi connectivity index (χ0) is 19.6. The van der Waals surface area contributed by atoms with Crippen LogP contribution in [0.5, 0.6) is 0 Å². The Hall–Kier alpha value is -3.06. The summed E-state index contributed by atoms with van der Waals surface area (Å²) in [6.45, 7) is 2.43. The Bertz CT molecular complexity index is 1140. The summed E-state index contributed by atoms with van der Waals surface area (Å²) in [6, 6.07) is 9.61. The van der Waals surface area contributed by atoms with E-state index in [9.17, 15) is 9.18 Å². The predicted molar refractivity (Wildman–Crippen MR) is 107 cm³/mol. The Morgan fingerprint density at radius 2 is 1.96 bits per heavy atom. The Kier molecular flexibility index (Phi) is 3.64. The van der Waals surface area contributed by atoms with E-state index in [0.29, 0.717) is 39.9 Å². The maximum absolute atomic E-state index is 14.9. The summed E-state index contributed by atoms with van der Waals surface area (Å²) in [6.07, 6.45) is 0. The first-order valence-corrected chi connectivity index (χ1v) is 9.27. The molecular weight excluding hydrogens is 381 g/mol. The van der Waals surface area contributed by atoms with E-state index in [1.54, 1.807) is 35.7 Å². The summed E-state index contributed by atoms with van der Waals surface area (Å²) >= 11 is 5.95. The number of hydrogen-bond donors (Lipinski definition) is 2. The number of anilines is 3. The molecule has 2 N–H and O–H groups in total. The van der Waals surface area contributed by atoms with Gasteiger partial charge in [-0.05, 0) is 37.3 Å². The van der Waals surface area contributed by atoms with Gasteiger partial charge in [-0.15, -0.1) is 0 Å². The average Bonchev–Trinajstić information content (AvgIpc) is 3.30. The first-order valence-electron chi connectivity index (χ1n) is 8.89. The van der Waals surface area contributed by atoms with Gasteiger partial charge >= 0.3 is 0 Å². The monoisotopic (exact) mass is 397 g/mol. The van der Waals surface area contributed by atoms with Crippen molar-refractivity contribution in [2.75, 3.05) is 22.2 Å². The van der Waals surface area contributed by atoms with Crippen LogP contribution in [0.15, 0.2) is 36.4 Å². The number of aromatic nitrogens is 2. The molecule has 2 aliphatic heterocycles. The number of nitrogens with zero attached hydrogens (tertiary/aromatic N) is 3. The molecule has 1 amide bonds. The lowest BCUT2D eigenvalue weighted by atomic mass is 10.0. The molecule has 1 unspecified atom stereocenters. The highest BCUT2D eigenvalue weighted by Crippen LogP contribution is 2.45. The number of hydrogen-bond acceptors (Lipinski definition) is 4. The minimum atomic E-state index is -0.627. The van der Waals surface area contributed by atoms with Crippen LogP contribution < -0.4 is 15.5 Å². The molecule has 3 heterocycles. The number of amides is 1. The van der Waals surface area contributed by atoms with Crippen molar-refractivity contribution in [3.8, 4) is 0 Å². The summed E-state index contributed by atoms with van der Waals surface area (Å²) in [7, 11) is 1.78. The zero-order valence-corrected chi connectivity index (χ0v) is 16.0. The second-order valence-electron chi connectivity index (χ2n) is 6.97. The first kappa shape index (κ1) is 17.1. The van der Waals surface area contributed by atoms with E-state index >= 15 is 0 Å². The summed E-state index contributed by atoms with van der Waals surface area (Å²) in [4.78, 5) is 15.0. The Morgan fingerprint density at radius 3 is 2.75 bits per heavy atom. The van der Waals surface area contributed by atoms with Crippen molar-refractivity contribution < 1.29 is 9.18 Å². The summed E-state index contributed by atoms with van der Waals surface area (Å²) in [5, 5.41) is 11.1. The molecule has 2 aromatic carbocycles. The fourth-order valence-corrected chi connectivity index (χ4v) is 4.27. The van der Waals surface area contributed by atoms with Crippen LogP contribution in [0.3, 0.4) is 0 Å². The summed E-state index contributed by atoms with van der Waals surface area (Å²) in [5.41, 5.74) is 4.78. The van der Waals surface area contributed by atoms with Gasteiger partial charge in [0.25, 0.3) is 5.91 Å². The maximum atomic E-state index is 14.9. The van der Waals surface area contributed by atoms with Crippen molar-refractivity contribution in [2.45, 2.75) is 13.0 Å². The Balaban J connectivity index is 1.73. The minimum Gasteiger partial charge on any atom is -0.366 e. The first-order chi connectivity index (χ1) is 13.5. The number of halogens is 2. The van der Waals surface area contributed by atoms with Gasteiger partial charge in [0.05, 0.1) is 35.0 Å². The van der Waals surface area contributed by atoms with Crippen molar-refractivity contribution in [1.82, 2.24) is 9.78 Å². The topological polar surface area (TPSA) is 62.2 Å². The third-order valence-electron chi connectivity index (χ3n) is 5.31. The second-order valence-corrected chi connectivity index (χ2v) is 7.41. The van der Waals surface area contributed by atoms with E-state index in [0.717, 1.165) is 11.4 Å². The van der Waals surface area contributed by atoms with E-state index < -0.39 is 11.9 Å². The fourth-order valence-electron chi connectivity index (χ4n) is 4.11. The SMILES string of the molecule is Cc1nn(C)c2c1C(=O)N(c1ccc3c(c1)NCN3)C2c1ccc(Cl)cc1F. The number of aryl methyl sites for hydroxylation is 2. The van der Waals surface area contributed by atoms with E-state index in [1.807, 2.05) is 18.2 Å². The van der Waals surface area contributed by atoms with Crippen LogP contribution in [0.2, 0.25) is 5.02 Å². The predicted octanol–water partition coefficient (Wildman–Crippen LogP) is 4.07. The maximum Gasteiger partial charge on any atom is 0.263 e. The van der Waals surface area contributed by atoms with E-state index in [-0.39, 0.29) is 5.91 Å². The van der Waals surface area contributed by atoms with Gasteiger partial charge in [0, 0.05) is 23.3 Å². The number of rotatable bonds is 2. The van der Waals surface area contributed by atoms with Crippen molar-refractivity contribution >= 4 is 34.6 Å². The number of benzene rings is 2. The minimum absolute atomic E-state index is 0.189. The molecule has 0 saturated heterocycles. The van der Waals surface area contributed by atoms with E-state index in [2.05, 4.69) is 15.7 Å². The number of carbonyl (C=O) groups is 1. The standard InChI is InChI=1S/C20H17ClFN5O/c1-10-17-19(26(2)25-10)18(13-5-3-11(21)7-14(13)22)27(20(17)28)12-4-6-15-16(8-12)24-9-23-15/h3-8,18,23-24H,9H2,1-2H3. The molecule has 0 saturated carbocycles. The van der Waals surface area contributed by atoms with Crippen LogP contribution in [-0.2, 0) is 7.05 Å².